The lowest BCUT2D eigenvalue weighted by Crippen LogP contribution is -2.15. The number of ether oxygens (including phenoxy) is 1. The van der Waals surface area contributed by atoms with Crippen LogP contribution in [0, 0.1) is 10.1 Å². The lowest BCUT2D eigenvalue weighted by Gasteiger charge is -2.11. The Morgan fingerprint density at radius 3 is 2.70 bits per heavy atom. The third-order valence-electron chi connectivity index (χ3n) is 3.74. The molecule has 0 aliphatic heterocycles. The molecule has 1 aromatic carbocycles. The van der Waals surface area contributed by atoms with Gasteiger partial charge >= 0.3 is 5.97 Å². The largest absolute Gasteiger partial charge is 0.466 e. The second-order valence-corrected chi connectivity index (χ2v) is 5.50. The number of carbonyl (C=O) groups excluding carboxylic acids is 2. The summed E-state index contributed by atoms with van der Waals surface area (Å²) in [5, 5.41) is 16.6. The van der Waals surface area contributed by atoms with Gasteiger partial charge in [0.15, 0.2) is 0 Å². The monoisotopic (exact) mass is 372 g/mol. The van der Waals surface area contributed by atoms with Crippen molar-refractivity contribution in [1.29, 1.82) is 0 Å². The number of nitro benzene ring substituents is 1. The summed E-state index contributed by atoms with van der Waals surface area (Å²) in [5.74, 6) is -0.857. The van der Waals surface area contributed by atoms with E-state index in [0.29, 0.717) is 30.1 Å². The smallest absolute Gasteiger partial charge is 0.306 e. The van der Waals surface area contributed by atoms with Crippen LogP contribution >= 0.6 is 0 Å². The molecule has 0 fully saturated rings. The van der Waals surface area contributed by atoms with Crippen molar-refractivity contribution in [2.75, 3.05) is 24.3 Å². The molecule has 27 heavy (non-hydrogen) atoms. The molecule has 0 aliphatic carbocycles. The SMILES string of the molecule is CCOC(=O)CCc1ncccc1NC(=O)c1ccc(NC)c([N+](=O)[O-])c1. The van der Waals surface area contributed by atoms with Crippen molar-refractivity contribution in [2.24, 2.45) is 0 Å². The minimum atomic E-state index is -0.558. The molecule has 0 saturated heterocycles. The molecule has 2 rings (SSSR count). The number of hydrogen-bond acceptors (Lipinski definition) is 7. The van der Waals surface area contributed by atoms with Gasteiger partial charge in [0.25, 0.3) is 11.6 Å². The number of esters is 1. The minimum absolute atomic E-state index is 0.135. The summed E-state index contributed by atoms with van der Waals surface area (Å²) in [4.78, 5) is 38.8. The number of anilines is 2. The van der Waals surface area contributed by atoms with Gasteiger partial charge in [-0.3, -0.25) is 24.7 Å². The second-order valence-electron chi connectivity index (χ2n) is 5.50. The molecule has 142 valence electrons. The van der Waals surface area contributed by atoms with Crippen molar-refractivity contribution in [1.82, 2.24) is 4.98 Å². The van der Waals surface area contributed by atoms with Gasteiger partial charge in [0, 0.05) is 31.3 Å². The van der Waals surface area contributed by atoms with Crippen molar-refractivity contribution in [2.45, 2.75) is 19.8 Å². The van der Waals surface area contributed by atoms with Crippen LogP contribution < -0.4 is 10.6 Å². The Balaban J connectivity index is 2.17. The molecule has 0 saturated carbocycles. The summed E-state index contributed by atoms with van der Waals surface area (Å²) in [6.45, 7) is 2.02. The number of nitrogens with one attached hydrogen (secondary N) is 2. The molecule has 0 atom stereocenters. The van der Waals surface area contributed by atoms with Crippen LogP contribution in [0.4, 0.5) is 17.1 Å². The highest BCUT2D eigenvalue weighted by molar-refractivity contribution is 6.05. The van der Waals surface area contributed by atoms with E-state index < -0.39 is 10.8 Å². The molecule has 0 unspecified atom stereocenters. The van der Waals surface area contributed by atoms with Crippen LogP contribution in [0.3, 0.4) is 0 Å². The van der Waals surface area contributed by atoms with Gasteiger partial charge in [0.05, 0.1) is 29.3 Å². The number of carbonyl (C=O) groups is 2. The molecular weight excluding hydrogens is 352 g/mol. The maximum absolute atomic E-state index is 12.5. The first-order valence-corrected chi connectivity index (χ1v) is 8.33. The van der Waals surface area contributed by atoms with Crippen LogP contribution in [0.1, 0.15) is 29.4 Å². The zero-order valence-corrected chi connectivity index (χ0v) is 15.0. The Kier molecular flexibility index (Phi) is 6.81. The first-order valence-electron chi connectivity index (χ1n) is 8.33. The fraction of sp³-hybridized carbons (Fsp3) is 0.278. The number of rotatable bonds is 8. The third kappa shape index (κ3) is 5.24. The van der Waals surface area contributed by atoms with E-state index in [0.717, 1.165) is 0 Å². The molecule has 0 spiro atoms. The van der Waals surface area contributed by atoms with Gasteiger partial charge in [0.1, 0.15) is 5.69 Å². The van der Waals surface area contributed by atoms with Gasteiger partial charge in [-0.2, -0.15) is 0 Å². The average Bonchev–Trinajstić information content (AvgIpc) is 2.66. The van der Waals surface area contributed by atoms with Crippen molar-refractivity contribution in [3.05, 3.63) is 57.9 Å². The predicted molar refractivity (Wildman–Crippen MR) is 99.8 cm³/mol. The van der Waals surface area contributed by atoms with Gasteiger partial charge in [-0.25, -0.2) is 0 Å². The topological polar surface area (TPSA) is 123 Å². The number of benzene rings is 1. The third-order valence-corrected chi connectivity index (χ3v) is 3.74. The number of hydrogen-bond donors (Lipinski definition) is 2. The highest BCUT2D eigenvalue weighted by Gasteiger charge is 2.18. The van der Waals surface area contributed by atoms with Crippen molar-refractivity contribution in [3.8, 4) is 0 Å². The Labute approximate surface area is 155 Å². The van der Waals surface area contributed by atoms with Crippen LogP contribution in [0.25, 0.3) is 0 Å². The molecule has 0 radical (unpaired) electrons. The average molecular weight is 372 g/mol. The second kappa shape index (κ2) is 9.27. The van der Waals surface area contributed by atoms with E-state index >= 15 is 0 Å². The molecular formula is C18H20N4O5. The molecule has 9 nitrogen and oxygen atoms in total. The molecule has 1 heterocycles. The van der Waals surface area contributed by atoms with Crippen molar-refractivity contribution in [3.63, 3.8) is 0 Å². The number of amides is 1. The molecule has 1 amide bonds. The maximum atomic E-state index is 12.5. The fourth-order valence-corrected chi connectivity index (χ4v) is 2.43. The van der Waals surface area contributed by atoms with E-state index in [2.05, 4.69) is 15.6 Å². The molecule has 2 N–H and O–H groups in total. The summed E-state index contributed by atoms with van der Waals surface area (Å²) in [6.07, 6.45) is 1.99. The van der Waals surface area contributed by atoms with Gasteiger partial charge in [-0.05, 0) is 31.2 Å². The zero-order chi connectivity index (χ0) is 19.8. The van der Waals surface area contributed by atoms with Gasteiger partial charge < -0.3 is 15.4 Å². The number of aryl methyl sites for hydroxylation is 1. The lowest BCUT2D eigenvalue weighted by atomic mass is 10.1. The first kappa shape index (κ1) is 19.8. The zero-order valence-electron chi connectivity index (χ0n) is 15.0. The molecule has 0 bridgehead atoms. The minimum Gasteiger partial charge on any atom is -0.466 e. The van der Waals surface area contributed by atoms with Crippen LogP contribution in [0.15, 0.2) is 36.5 Å². The molecule has 0 aliphatic rings. The standard InChI is InChI=1S/C18H20N4O5/c1-3-27-17(23)9-8-13-14(5-4-10-20-13)21-18(24)12-6-7-15(19-2)16(11-12)22(25)26/h4-7,10-11,19H,3,8-9H2,1-2H3,(H,21,24). The van der Waals surface area contributed by atoms with Gasteiger partial charge in [-0.1, -0.05) is 0 Å². The van der Waals surface area contributed by atoms with E-state index in [1.807, 2.05) is 0 Å². The van der Waals surface area contributed by atoms with Crippen LogP contribution in [-0.2, 0) is 16.0 Å². The number of pyridine rings is 1. The Morgan fingerprint density at radius 1 is 1.26 bits per heavy atom. The fourth-order valence-electron chi connectivity index (χ4n) is 2.43. The predicted octanol–water partition coefficient (Wildman–Crippen LogP) is 2.78. The number of aromatic nitrogens is 1. The Morgan fingerprint density at radius 2 is 2.04 bits per heavy atom. The van der Waals surface area contributed by atoms with Gasteiger partial charge in [0.2, 0.25) is 0 Å². The van der Waals surface area contributed by atoms with Crippen LogP contribution in [0.2, 0.25) is 0 Å². The first-order chi connectivity index (χ1) is 13.0. The summed E-state index contributed by atoms with van der Waals surface area (Å²) < 4.78 is 4.89. The Bertz CT molecular complexity index is 853. The van der Waals surface area contributed by atoms with E-state index in [4.69, 9.17) is 4.74 Å². The number of nitrogens with zero attached hydrogens (tertiary/aromatic N) is 2. The van der Waals surface area contributed by atoms with Crippen LogP contribution in [-0.4, -0.2) is 35.4 Å². The van der Waals surface area contributed by atoms with E-state index in [1.165, 1.54) is 18.2 Å². The molecule has 2 aromatic rings. The summed E-state index contributed by atoms with van der Waals surface area (Å²) in [6, 6.07) is 7.47. The highest BCUT2D eigenvalue weighted by atomic mass is 16.6. The van der Waals surface area contributed by atoms with E-state index in [9.17, 15) is 19.7 Å². The highest BCUT2D eigenvalue weighted by Crippen LogP contribution is 2.25. The quantitative estimate of drug-likeness (QED) is 0.415. The molecule has 1 aromatic heterocycles. The van der Waals surface area contributed by atoms with Crippen LogP contribution in [0.5, 0.6) is 0 Å². The normalized spacial score (nSPS) is 10.1. The van der Waals surface area contributed by atoms with Crippen molar-refractivity contribution >= 4 is 28.9 Å². The molecule has 9 heteroatoms. The van der Waals surface area contributed by atoms with E-state index in [-0.39, 0.29) is 23.6 Å². The summed E-state index contributed by atoms with van der Waals surface area (Å²) in [5.41, 5.74) is 1.22. The Hall–Kier alpha value is -3.49. The maximum Gasteiger partial charge on any atom is 0.306 e. The van der Waals surface area contributed by atoms with Crippen molar-refractivity contribution < 1.29 is 19.2 Å². The lowest BCUT2D eigenvalue weighted by molar-refractivity contribution is -0.384. The van der Waals surface area contributed by atoms with Gasteiger partial charge in [-0.15, -0.1) is 0 Å². The summed E-state index contributed by atoms with van der Waals surface area (Å²) >= 11 is 0. The van der Waals surface area contributed by atoms with E-state index in [1.54, 1.807) is 32.3 Å². The summed E-state index contributed by atoms with van der Waals surface area (Å²) in [7, 11) is 1.56. The number of nitro groups is 1.